The van der Waals surface area contributed by atoms with E-state index in [4.69, 9.17) is 5.73 Å². The van der Waals surface area contributed by atoms with E-state index in [2.05, 4.69) is 10.3 Å². The normalized spacial score (nSPS) is 10.8. The van der Waals surface area contributed by atoms with Gasteiger partial charge < -0.3 is 16.2 Å². The molecule has 150 valence electrons. The lowest BCUT2D eigenvalue weighted by Crippen LogP contribution is -2.25. The molecule has 7 heteroatoms. The Balaban J connectivity index is 1.45. The van der Waals surface area contributed by atoms with Crippen molar-refractivity contribution in [2.75, 3.05) is 6.54 Å². The number of aromatic hydroxyl groups is 1. The molecule has 0 fully saturated rings. The van der Waals surface area contributed by atoms with E-state index in [1.54, 1.807) is 30.3 Å². The fourth-order valence-electron chi connectivity index (χ4n) is 3.05. The van der Waals surface area contributed by atoms with Crippen LogP contribution in [0.25, 0.3) is 20.8 Å². The Kier molecular flexibility index (Phi) is 5.45. The third kappa shape index (κ3) is 4.31. The van der Waals surface area contributed by atoms with Crippen LogP contribution in [-0.4, -0.2) is 28.4 Å². The zero-order valence-corrected chi connectivity index (χ0v) is 16.8. The summed E-state index contributed by atoms with van der Waals surface area (Å²) in [7, 11) is 0. The van der Waals surface area contributed by atoms with E-state index in [0.29, 0.717) is 24.1 Å². The maximum atomic E-state index is 12.5. The zero-order chi connectivity index (χ0) is 21.1. The number of aromatic nitrogens is 1. The van der Waals surface area contributed by atoms with Crippen LogP contribution in [0.15, 0.2) is 66.7 Å². The van der Waals surface area contributed by atoms with E-state index in [-0.39, 0.29) is 11.7 Å². The van der Waals surface area contributed by atoms with Gasteiger partial charge in [-0.25, -0.2) is 4.98 Å². The van der Waals surface area contributed by atoms with Gasteiger partial charge in [-0.2, -0.15) is 0 Å². The van der Waals surface area contributed by atoms with E-state index >= 15 is 0 Å². The highest BCUT2D eigenvalue weighted by Gasteiger charge is 2.11. The van der Waals surface area contributed by atoms with Crippen molar-refractivity contribution in [3.8, 4) is 16.3 Å². The number of rotatable bonds is 6. The number of benzene rings is 3. The molecule has 0 saturated carbocycles. The molecule has 0 bridgehead atoms. The summed E-state index contributed by atoms with van der Waals surface area (Å²) < 4.78 is 0.912. The number of nitrogens with two attached hydrogens (primary N) is 1. The van der Waals surface area contributed by atoms with Crippen molar-refractivity contribution in [3.05, 3.63) is 83.4 Å². The number of thiazole rings is 1. The number of fused-ring (bicyclic) bond motifs is 1. The lowest BCUT2D eigenvalue weighted by molar-refractivity contribution is 0.0953. The first-order valence-corrected chi connectivity index (χ1v) is 10.2. The number of carbonyl (C=O) groups is 2. The largest absolute Gasteiger partial charge is 0.508 e. The summed E-state index contributed by atoms with van der Waals surface area (Å²) in [5.41, 5.74) is 9.05. The molecule has 4 aromatic rings. The van der Waals surface area contributed by atoms with Gasteiger partial charge in [-0.15, -0.1) is 11.3 Å². The predicted molar refractivity (Wildman–Crippen MR) is 118 cm³/mol. The average Bonchev–Trinajstić information content (AvgIpc) is 3.18. The fourth-order valence-corrected chi connectivity index (χ4v) is 4.06. The summed E-state index contributed by atoms with van der Waals surface area (Å²) in [6.45, 7) is 0.502. The molecule has 4 rings (SSSR count). The first kappa shape index (κ1) is 19.6. The lowest BCUT2D eigenvalue weighted by atomic mass is 10.1. The Hall–Kier alpha value is -3.71. The van der Waals surface area contributed by atoms with Crippen LogP contribution in [0.3, 0.4) is 0 Å². The number of phenolic OH excluding ortho intramolecular Hbond substituents is 1. The van der Waals surface area contributed by atoms with Gasteiger partial charge in [-0.1, -0.05) is 24.3 Å². The topological polar surface area (TPSA) is 105 Å². The molecular weight excluding hydrogens is 398 g/mol. The fraction of sp³-hybridized carbons (Fsp3) is 0.0870. The quantitative estimate of drug-likeness (QED) is 0.444. The number of hydrogen-bond acceptors (Lipinski definition) is 5. The highest BCUT2D eigenvalue weighted by Crippen LogP contribution is 2.31. The molecule has 0 aliphatic rings. The van der Waals surface area contributed by atoms with E-state index in [1.165, 1.54) is 11.3 Å². The Labute approximate surface area is 177 Å². The predicted octanol–water partition coefficient (Wildman–Crippen LogP) is 3.74. The number of phenols is 1. The number of nitrogens with one attached hydrogen (secondary N) is 1. The Morgan fingerprint density at radius 2 is 1.67 bits per heavy atom. The summed E-state index contributed by atoms with van der Waals surface area (Å²) in [6, 6.07) is 19.4. The minimum absolute atomic E-state index is 0.142. The number of amides is 2. The van der Waals surface area contributed by atoms with Gasteiger partial charge in [0.15, 0.2) is 0 Å². The number of carbonyl (C=O) groups excluding carboxylic acids is 2. The van der Waals surface area contributed by atoms with E-state index in [0.717, 1.165) is 26.4 Å². The van der Waals surface area contributed by atoms with Gasteiger partial charge >= 0.3 is 0 Å². The second-order valence-corrected chi connectivity index (χ2v) is 7.85. The third-order valence-corrected chi connectivity index (χ3v) is 5.77. The zero-order valence-electron chi connectivity index (χ0n) is 16.0. The smallest absolute Gasteiger partial charge is 0.251 e. The molecule has 0 aliphatic heterocycles. The van der Waals surface area contributed by atoms with Crippen LogP contribution >= 0.6 is 11.3 Å². The average molecular weight is 417 g/mol. The van der Waals surface area contributed by atoms with Gasteiger partial charge in [0, 0.05) is 23.2 Å². The van der Waals surface area contributed by atoms with Crippen LogP contribution in [0, 0.1) is 0 Å². The van der Waals surface area contributed by atoms with Crippen LogP contribution in [-0.2, 0) is 6.42 Å². The van der Waals surface area contributed by atoms with Gasteiger partial charge in [-0.05, 0) is 54.4 Å². The second kappa shape index (κ2) is 8.34. The first-order valence-electron chi connectivity index (χ1n) is 9.36. The van der Waals surface area contributed by atoms with Crippen LogP contribution in [0.1, 0.15) is 26.3 Å². The van der Waals surface area contributed by atoms with Crippen LogP contribution < -0.4 is 11.1 Å². The number of hydrogen-bond donors (Lipinski definition) is 3. The molecule has 0 unspecified atom stereocenters. The van der Waals surface area contributed by atoms with Gasteiger partial charge in [0.05, 0.1) is 10.2 Å². The maximum Gasteiger partial charge on any atom is 0.251 e. The molecule has 1 aromatic heterocycles. The molecule has 0 saturated heterocycles. The molecule has 6 nitrogen and oxygen atoms in total. The molecule has 4 N–H and O–H groups in total. The minimum Gasteiger partial charge on any atom is -0.508 e. The van der Waals surface area contributed by atoms with E-state index in [9.17, 15) is 14.7 Å². The maximum absolute atomic E-state index is 12.5. The summed E-state index contributed by atoms with van der Waals surface area (Å²) >= 11 is 1.49. The standard InChI is InChI=1S/C23H19N3O3S/c24-21(28)15-3-5-16(6-4-15)23-26-19-10-7-17(13-20(19)30-23)22(29)25-12-11-14-1-8-18(27)9-2-14/h1-10,13,27H,11-12H2,(H2,24,28)(H,25,29). The van der Waals surface area contributed by atoms with Crippen molar-refractivity contribution in [2.45, 2.75) is 6.42 Å². The van der Waals surface area contributed by atoms with E-state index in [1.807, 2.05) is 36.4 Å². The number of nitrogens with zero attached hydrogens (tertiary/aromatic N) is 1. The Morgan fingerprint density at radius 3 is 2.37 bits per heavy atom. The molecule has 30 heavy (non-hydrogen) atoms. The molecule has 0 spiro atoms. The van der Waals surface area contributed by atoms with Crippen molar-refractivity contribution < 1.29 is 14.7 Å². The monoisotopic (exact) mass is 417 g/mol. The van der Waals surface area contributed by atoms with Crippen LogP contribution in [0.5, 0.6) is 5.75 Å². The SMILES string of the molecule is NC(=O)c1ccc(-c2nc3ccc(C(=O)NCCc4ccc(O)cc4)cc3s2)cc1. The molecular formula is C23H19N3O3S. The first-order chi connectivity index (χ1) is 14.5. The Morgan fingerprint density at radius 1 is 0.967 bits per heavy atom. The highest BCUT2D eigenvalue weighted by molar-refractivity contribution is 7.21. The molecule has 0 aliphatic carbocycles. The molecule has 1 heterocycles. The Bertz CT molecular complexity index is 1210. The van der Waals surface area contributed by atoms with Gasteiger partial charge in [0.1, 0.15) is 10.8 Å². The second-order valence-electron chi connectivity index (χ2n) is 6.82. The molecule has 3 aromatic carbocycles. The van der Waals surface area contributed by atoms with Gasteiger partial charge in [-0.3, -0.25) is 9.59 Å². The number of primary amides is 1. The van der Waals surface area contributed by atoms with Crippen molar-refractivity contribution in [1.82, 2.24) is 10.3 Å². The van der Waals surface area contributed by atoms with Gasteiger partial charge in [0.25, 0.3) is 5.91 Å². The third-order valence-electron chi connectivity index (χ3n) is 4.70. The van der Waals surface area contributed by atoms with Crippen molar-refractivity contribution in [1.29, 1.82) is 0 Å². The van der Waals surface area contributed by atoms with Crippen molar-refractivity contribution in [2.24, 2.45) is 5.73 Å². The van der Waals surface area contributed by atoms with Crippen molar-refractivity contribution in [3.63, 3.8) is 0 Å². The summed E-state index contributed by atoms with van der Waals surface area (Å²) in [4.78, 5) is 28.3. The van der Waals surface area contributed by atoms with Gasteiger partial charge in [0.2, 0.25) is 5.91 Å². The minimum atomic E-state index is -0.466. The van der Waals surface area contributed by atoms with Crippen LogP contribution in [0.4, 0.5) is 0 Å². The molecule has 2 amide bonds. The molecule has 0 radical (unpaired) electrons. The van der Waals surface area contributed by atoms with E-state index < -0.39 is 5.91 Å². The highest BCUT2D eigenvalue weighted by atomic mass is 32.1. The summed E-state index contributed by atoms with van der Waals surface area (Å²) in [5.74, 6) is -0.382. The lowest BCUT2D eigenvalue weighted by Gasteiger charge is -2.05. The molecule has 0 atom stereocenters. The summed E-state index contributed by atoms with van der Waals surface area (Å²) in [5, 5.41) is 13.1. The van der Waals surface area contributed by atoms with Crippen molar-refractivity contribution >= 4 is 33.4 Å². The van der Waals surface area contributed by atoms with Crippen LogP contribution in [0.2, 0.25) is 0 Å². The summed E-state index contributed by atoms with van der Waals surface area (Å²) in [6.07, 6.45) is 0.681.